The van der Waals surface area contributed by atoms with Crippen LogP contribution >= 0.6 is 0 Å². The summed E-state index contributed by atoms with van der Waals surface area (Å²) in [7, 11) is 0. The fourth-order valence-electron chi connectivity index (χ4n) is 5.27. The first-order valence-electron chi connectivity index (χ1n) is 13.3. The summed E-state index contributed by atoms with van der Waals surface area (Å²) < 4.78 is 5.95. The number of carboxylic acid groups (broad SMARTS) is 1. The number of aliphatic carboxylic acids is 1. The molecule has 5 nitrogen and oxygen atoms in total. The van der Waals surface area contributed by atoms with Gasteiger partial charge < -0.3 is 24.9 Å². The summed E-state index contributed by atoms with van der Waals surface area (Å²) in [4.78, 5) is 13.8. The Morgan fingerprint density at radius 2 is 1.56 bits per heavy atom. The summed E-state index contributed by atoms with van der Waals surface area (Å²) in [6.45, 7) is 3.28. The first-order valence-corrected chi connectivity index (χ1v) is 13.3. The molecule has 6 heteroatoms. The van der Waals surface area contributed by atoms with Crippen molar-refractivity contribution in [2.24, 2.45) is 0 Å². The number of hydrogen-bond donors (Lipinski definition) is 1. The molecule has 1 atom stereocenters. The fourth-order valence-corrected chi connectivity index (χ4v) is 5.27. The third-order valence-corrected chi connectivity index (χ3v) is 7.19. The van der Waals surface area contributed by atoms with E-state index in [1.54, 1.807) is 0 Å². The molecule has 39 heavy (non-hydrogen) atoms. The topological polar surface area (TPSA) is 64.6 Å². The van der Waals surface area contributed by atoms with Gasteiger partial charge in [-0.3, -0.25) is 0 Å². The van der Waals surface area contributed by atoms with Gasteiger partial charge in [0.1, 0.15) is 12.4 Å². The number of para-hydroxylation sites is 1. The maximum atomic E-state index is 11.4. The number of carboxylic acids is 1. The maximum Gasteiger partial charge on any atom is 1.00 e. The van der Waals surface area contributed by atoms with E-state index in [4.69, 9.17) is 4.74 Å². The Hall–Kier alpha value is -3.25. The number of ether oxygens (including phenoxy) is 1. The molecule has 0 saturated heterocycles. The maximum absolute atomic E-state index is 11.4. The van der Waals surface area contributed by atoms with E-state index >= 15 is 0 Å². The van der Waals surface area contributed by atoms with Crippen molar-refractivity contribution in [1.29, 1.82) is 0 Å². The van der Waals surface area contributed by atoms with Crippen LogP contribution in [0.2, 0.25) is 0 Å². The van der Waals surface area contributed by atoms with E-state index in [2.05, 4.69) is 28.4 Å². The zero-order chi connectivity index (χ0) is 26.2. The molecule has 1 heterocycles. The van der Waals surface area contributed by atoms with Crippen molar-refractivity contribution in [3.8, 4) is 5.75 Å². The Morgan fingerprint density at radius 3 is 2.28 bits per heavy atom. The zero-order valence-electron chi connectivity index (χ0n) is 22.5. The van der Waals surface area contributed by atoms with Crippen molar-refractivity contribution in [3.63, 3.8) is 0 Å². The van der Waals surface area contributed by atoms with Gasteiger partial charge >= 0.3 is 29.6 Å². The normalized spacial score (nSPS) is 13.1. The summed E-state index contributed by atoms with van der Waals surface area (Å²) in [6.07, 6.45) is 2.16. The van der Waals surface area contributed by atoms with E-state index in [0.29, 0.717) is 6.61 Å². The van der Waals surface area contributed by atoms with E-state index in [1.165, 1.54) is 16.8 Å². The number of anilines is 2. The second-order valence-electron chi connectivity index (χ2n) is 9.68. The summed E-state index contributed by atoms with van der Waals surface area (Å²) in [5.74, 6) is -0.368. The number of nitrogens with zero attached hydrogens (tertiary/aromatic N) is 1. The third-order valence-electron chi connectivity index (χ3n) is 7.19. The molecule has 4 aromatic rings. The number of carbonyl (C=O) groups is 1. The van der Waals surface area contributed by atoms with Crippen LogP contribution in [0.1, 0.15) is 41.0 Å². The number of fused-ring (bicyclic) bond motifs is 1. The van der Waals surface area contributed by atoms with Gasteiger partial charge in [0.25, 0.3) is 0 Å². The summed E-state index contributed by atoms with van der Waals surface area (Å²) in [6, 6.07) is 34.4. The van der Waals surface area contributed by atoms with E-state index < -0.39 is 5.97 Å². The van der Waals surface area contributed by atoms with Crippen molar-refractivity contribution in [2.75, 3.05) is 29.9 Å². The Kier molecular flexibility index (Phi) is 10.5. The van der Waals surface area contributed by atoms with Gasteiger partial charge in [-0.25, -0.2) is 0 Å². The average molecular weight is 529 g/mol. The Labute approximate surface area is 253 Å². The third kappa shape index (κ3) is 7.66. The van der Waals surface area contributed by atoms with Crippen LogP contribution in [-0.2, 0) is 17.8 Å². The SMILES string of the molecule is O=C([O-])CC(c1ccccc1)c1ccc(NCc2cccc3c2CCCN3CCOc2ccccc2)cc1.[Na+]. The van der Waals surface area contributed by atoms with E-state index in [1.807, 2.05) is 84.9 Å². The van der Waals surface area contributed by atoms with E-state index in [-0.39, 0.29) is 41.9 Å². The first-order chi connectivity index (χ1) is 18.7. The minimum Gasteiger partial charge on any atom is -0.550 e. The Balaban J connectivity index is 0.00000353. The second-order valence-corrected chi connectivity index (χ2v) is 9.68. The fraction of sp³-hybridized carbons (Fsp3) is 0.242. The Bertz CT molecular complexity index is 1330. The van der Waals surface area contributed by atoms with Gasteiger partial charge in [-0.15, -0.1) is 0 Å². The van der Waals surface area contributed by atoms with E-state index in [0.717, 1.165) is 55.0 Å². The number of carbonyl (C=O) groups excluding carboxylic acids is 1. The van der Waals surface area contributed by atoms with Crippen LogP contribution in [0.3, 0.4) is 0 Å². The van der Waals surface area contributed by atoms with Crippen LogP contribution < -0.4 is 49.6 Å². The predicted octanol–water partition coefficient (Wildman–Crippen LogP) is 2.41. The van der Waals surface area contributed by atoms with Crippen LogP contribution in [0.25, 0.3) is 0 Å². The smallest absolute Gasteiger partial charge is 0.550 e. The van der Waals surface area contributed by atoms with Crippen LogP contribution in [0.15, 0.2) is 103 Å². The molecule has 0 bridgehead atoms. The predicted molar refractivity (Wildman–Crippen MR) is 151 cm³/mol. The molecule has 5 rings (SSSR count). The molecule has 0 amide bonds. The van der Waals surface area contributed by atoms with Gasteiger partial charge in [0, 0.05) is 36.4 Å². The number of nitrogens with one attached hydrogen (secondary N) is 1. The van der Waals surface area contributed by atoms with Crippen LogP contribution in [-0.4, -0.2) is 25.7 Å². The minimum absolute atomic E-state index is 0. The summed E-state index contributed by atoms with van der Waals surface area (Å²) in [5, 5.41) is 15.0. The molecule has 1 N–H and O–H groups in total. The van der Waals surface area contributed by atoms with Gasteiger partial charge in [0.2, 0.25) is 0 Å². The van der Waals surface area contributed by atoms with Gasteiger partial charge in [0.05, 0.1) is 6.54 Å². The quantitative estimate of drug-likeness (QED) is 0.303. The van der Waals surface area contributed by atoms with Crippen molar-refractivity contribution < 1.29 is 44.2 Å². The van der Waals surface area contributed by atoms with Crippen LogP contribution in [0.5, 0.6) is 5.75 Å². The van der Waals surface area contributed by atoms with Gasteiger partial charge in [-0.2, -0.15) is 0 Å². The number of rotatable bonds is 11. The first kappa shape index (κ1) is 28.8. The molecule has 4 aromatic carbocycles. The van der Waals surface area contributed by atoms with Gasteiger partial charge in [0.15, 0.2) is 0 Å². The van der Waals surface area contributed by atoms with Gasteiger partial charge in [-0.1, -0.05) is 72.8 Å². The van der Waals surface area contributed by atoms with Crippen LogP contribution in [0.4, 0.5) is 11.4 Å². The van der Waals surface area contributed by atoms with Crippen molar-refractivity contribution >= 4 is 17.3 Å². The minimum atomic E-state index is -1.05. The van der Waals surface area contributed by atoms with Crippen molar-refractivity contribution in [3.05, 3.63) is 125 Å². The molecule has 194 valence electrons. The summed E-state index contributed by atoms with van der Waals surface area (Å²) >= 11 is 0. The molecular formula is C33H33N2NaO3. The zero-order valence-corrected chi connectivity index (χ0v) is 24.5. The molecule has 0 fully saturated rings. The molecule has 1 aliphatic rings. The molecule has 0 aromatic heterocycles. The molecule has 0 spiro atoms. The second kappa shape index (κ2) is 14.2. The van der Waals surface area contributed by atoms with Gasteiger partial charge in [-0.05, 0) is 71.8 Å². The van der Waals surface area contributed by atoms with E-state index in [9.17, 15) is 9.90 Å². The Morgan fingerprint density at radius 1 is 0.872 bits per heavy atom. The molecule has 0 saturated carbocycles. The molecule has 0 aliphatic carbocycles. The van der Waals surface area contributed by atoms with Crippen LogP contribution in [0, 0.1) is 0 Å². The molecule has 1 unspecified atom stereocenters. The molecular weight excluding hydrogens is 495 g/mol. The number of benzene rings is 4. The standard InChI is InChI=1S/C33H34N2O3.Na/c36-33(37)23-31(25-9-3-1-4-10-25)26-16-18-28(19-17-26)34-24-27-11-7-15-32-30(27)14-8-20-35(32)21-22-38-29-12-5-2-6-13-29;/h1-7,9-13,15-19,31,34H,8,14,20-24H2,(H,36,37);/q;+1/p-1. The monoisotopic (exact) mass is 528 g/mol. The molecule has 0 radical (unpaired) electrons. The summed E-state index contributed by atoms with van der Waals surface area (Å²) in [5.41, 5.74) is 6.97. The number of hydrogen-bond acceptors (Lipinski definition) is 5. The van der Waals surface area contributed by atoms with Crippen molar-refractivity contribution in [1.82, 2.24) is 0 Å². The average Bonchev–Trinajstić information content (AvgIpc) is 2.96. The molecule has 1 aliphatic heterocycles. The van der Waals surface area contributed by atoms with Crippen molar-refractivity contribution in [2.45, 2.75) is 31.7 Å². The largest absolute Gasteiger partial charge is 1.00 e.